The van der Waals surface area contributed by atoms with E-state index in [1.165, 1.54) is 0 Å². The second kappa shape index (κ2) is 7.56. The zero-order valence-electron chi connectivity index (χ0n) is 9.09. The Morgan fingerprint density at radius 1 is 1.17 bits per heavy atom. The Morgan fingerprint density at radius 2 is 1.50 bits per heavy atom. The molecule has 2 nitrogen and oxygen atoms in total. The molecular weight excluding hydrogens is 152 g/mol. The number of hydrogen-bond donors (Lipinski definition) is 2. The maximum absolute atomic E-state index is 8.84. The number of rotatable bonds is 3. The van der Waals surface area contributed by atoms with Crippen LogP contribution < -0.4 is 0 Å². The summed E-state index contributed by atoms with van der Waals surface area (Å²) in [6.45, 7) is 10.8. The highest BCUT2D eigenvalue weighted by Crippen LogP contribution is 2.23. The molecule has 0 unspecified atom stereocenters. The molecule has 0 rings (SSSR count). The van der Waals surface area contributed by atoms with Crippen LogP contribution in [0.25, 0.3) is 0 Å². The van der Waals surface area contributed by atoms with Crippen molar-refractivity contribution in [2.45, 2.75) is 41.0 Å². The molecule has 76 valence electrons. The van der Waals surface area contributed by atoms with Crippen molar-refractivity contribution in [3.8, 4) is 0 Å². The van der Waals surface area contributed by atoms with Crippen LogP contribution in [0.1, 0.15) is 41.0 Å². The molecule has 2 heteroatoms. The Kier molecular flexibility index (Phi) is 9.10. The van der Waals surface area contributed by atoms with Crippen LogP contribution in [-0.4, -0.2) is 23.4 Å². The topological polar surface area (TPSA) is 40.5 Å². The van der Waals surface area contributed by atoms with Crippen molar-refractivity contribution in [2.24, 2.45) is 11.3 Å². The van der Waals surface area contributed by atoms with Crippen LogP contribution in [0.3, 0.4) is 0 Å². The average molecular weight is 176 g/mol. The minimum Gasteiger partial charge on any atom is -0.397 e. The fraction of sp³-hybridized carbons (Fsp3) is 1.00. The van der Waals surface area contributed by atoms with Crippen molar-refractivity contribution < 1.29 is 10.2 Å². The molecule has 0 aromatic rings. The van der Waals surface area contributed by atoms with Gasteiger partial charge < -0.3 is 10.2 Å². The normalized spacial score (nSPS) is 11.0. The van der Waals surface area contributed by atoms with Gasteiger partial charge in [-0.2, -0.15) is 0 Å². The van der Waals surface area contributed by atoms with E-state index in [-0.39, 0.29) is 12.0 Å². The third-order valence-electron chi connectivity index (χ3n) is 1.39. The van der Waals surface area contributed by atoms with Crippen molar-refractivity contribution in [3.63, 3.8) is 0 Å². The second-order valence-corrected chi connectivity index (χ2v) is 4.24. The summed E-state index contributed by atoms with van der Waals surface area (Å²) in [5, 5.41) is 16.4. The minimum absolute atomic E-state index is 0.119. The smallest absolute Gasteiger partial charge is 0.0482 e. The van der Waals surface area contributed by atoms with Gasteiger partial charge in [0.1, 0.15) is 0 Å². The molecule has 0 amide bonds. The molecule has 0 saturated carbocycles. The molecule has 0 aliphatic rings. The summed E-state index contributed by atoms with van der Waals surface area (Å²) in [5.74, 6) is 0.687. The molecule has 0 saturated heterocycles. The van der Waals surface area contributed by atoms with Crippen LogP contribution in [0.4, 0.5) is 0 Å². The molecule has 0 fully saturated rings. The molecule has 0 aliphatic carbocycles. The minimum atomic E-state index is 0.119. The van der Waals surface area contributed by atoms with E-state index in [0.717, 1.165) is 6.42 Å². The molecule has 0 aromatic carbocycles. The van der Waals surface area contributed by atoms with E-state index in [4.69, 9.17) is 10.2 Å². The maximum Gasteiger partial charge on any atom is 0.0482 e. The van der Waals surface area contributed by atoms with Gasteiger partial charge >= 0.3 is 0 Å². The molecule has 0 radical (unpaired) electrons. The molecule has 0 aliphatic heterocycles. The quantitative estimate of drug-likeness (QED) is 0.691. The maximum atomic E-state index is 8.84. The SMILES string of the molecule is CC(C)CC(C)(C)CO.CCO. The summed E-state index contributed by atoms with van der Waals surface area (Å²) in [7, 11) is 0. The van der Waals surface area contributed by atoms with Gasteiger partial charge in [-0.05, 0) is 24.7 Å². The van der Waals surface area contributed by atoms with Gasteiger partial charge in [0.25, 0.3) is 0 Å². The molecule has 12 heavy (non-hydrogen) atoms. The number of hydrogen-bond acceptors (Lipinski definition) is 2. The zero-order valence-corrected chi connectivity index (χ0v) is 9.09. The molecule has 0 spiro atoms. The van der Waals surface area contributed by atoms with E-state index in [1.54, 1.807) is 6.92 Å². The lowest BCUT2D eigenvalue weighted by atomic mass is 9.85. The Labute approximate surface area is 76.6 Å². The van der Waals surface area contributed by atoms with Crippen molar-refractivity contribution >= 4 is 0 Å². The molecule has 2 N–H and O–H groups in total. The first-order valence-electron chi connectivity index (χ1n) is 4.61. The molecule has 0 atom stereocenters. The van der Waals surface area contributed by atoms with E-state index in [0.29, 0.717) is 12.5 Å². The summed E-state index contributed by atoms with van der Waals surface area (Å²) < 4.78 is 0. The third kappa shape index (κ3) is 12.6. The first-order chi connectivity index (χ1) is 5.39. The molecular formula is C10H24O2. The van der Waals surface area contributed by atoms with Crippen LogP contribution >= 0.6 is 0 Å². The summed E-state index contributed by atoms with van der Waals surface area (Å²) >= 11 is 0. The predicted octanol–water partition coefficient (Wildman–Crippen LogP) is 2.05. The van der Waals surface area contributed by atoms with Gasteiger partial charge in [-0.15, -0.1) is 0 Å². The Balaban J connectivity index is 0. The van der Waals surface area contributed by atoms with Gasteiger partial charge in [-0.25, -0.2) is 0 Å². The average Bonchev–Trinajstić information content (AvgIpc) is 1.87. The molecule has 0 bridgehead atoms. The lowest BCUT2D eigenvalue weighted by molar-refractivity contribution is 0.136. The summed E-state index contributed by atoms with van der Waals surface area (Å²) in [6, 6.07) is 0. The first-order valence-corrected chi connectivity index (χ1v) is 4.61. The Morgan fingerprint density at radius 3 is 1.58 bits per heavy atom. The van der Waals surface area contributed by atoms with Crippen LogP contribution in [0, 0.1) is 11.3 Å². The Hall–Kier alpha value is -0.0800. The van der Waals surface area contributed by atoms with E-state index < -0.39 is 0 Å². The molecule has 0 aromatic heterocycles. The van der Waals surface area contributed by atoms with Crippen molar-refractivity contribution in [3.05, 3.63) is 0 Å². The summed E-state index contributed by atoms with van der Waals surface area (Å²) in [4.78, 5) is 0. The van der Waals surface area contributed by atoms with Gasteiger partial charge in [-0.1, -0.05) is 27.7 Å². The first kappa shape index (κ1) is 14.4. The molecule has 0 heterocycles. The largest absolute Gasteiger partial charge is 0.397 e. The van der Waals surface area contributed by atoms with Crippen LogP contribution in [0.5, 0.6) is 0 Å². The van der Waals surface area contributed by atoms with Crippen molar-refractivity contribution in [1.29, 1.82) is 0 Å². The Bertz CT molecular complexity index is 87.8. The highest BCUT2D eigenvalue weighted by Gasteiger charge is 2.17. The van der Waals surface area contributed by atoms with E-state index in [2.05, 4.69) is 27.7 Å². The standard InChI is InChI=1S/C8H18O.C2H6O/c1-7(2)5-8(3,4)6-9;1-2-3/h7,9H,5-6H2,1-4H3;3H,2H2,1H3. The predicted molar refractivity (Wildman–Crippen MR) is 53.1 cm³/mol. The lowest BCUT2D eigenvalue weighted by Crippen LogP contribution is -2.18. The van der Waals surface area contributed by atoms with E-state index >= 15 is 0 Å². The van der Waals surface area contributed by atoms with Gasteiger partial charge in [0.15, 0.2) is 0 Å². The third-order valence-corrected chi connectivity index (χ3v) is 1.39. The summed E-state index contributed by atoms with van der Waals surface area (Å²) in [6.07, 6.45) is 1.10. The number of aliphatic hydroxyl groups is 2. The highest BCUT2D eigenvalue weighted by molar-refractivity contribution is 4.67. The van der Waals surface area contributed by atoms with Gasteiger partial charge in [0, 0.05) is 13.2 Å². The van der Waals surface area contributed by atoms with Crippen LogP contribution in [-0.2, 0) is 0 Å². The summed E-state index contributed by atoms with van der Waals surface area (Å²) in [5.41, 5.74) is 0.119. The van der Waals surface area contributed by atoms with Crippen LogP contribution in [0.15, 0.2) is 0 Å². The van der Waals surface area contributed by atoms with Crippen molar-refractivity contribution in [2.75, 3.05) is 13.2 Å². The van der Waals surface area contributed by atoms with E-state index in [1.807, 2.05) is 0 Å². The monoisotopic (exact) mass is 176 g/mol. The fourth-order valence-electron chi connectivity index (χ4n) is 1.17. The second-order valence-electron chi connectivity index (χ2n) is 4.24. The number of aliphatic hydroxyl groups excluding tert-OH is 2. The van der Waals surface area contributed by atoms with Gasteiger partial charge in [0.05, 0.1) is 0 Å². The van der Waals surface area contributed by atoms with Crippen molar-refractivity contribution in [1.82, 2.24) is 0 Å². The van der Waals surface area contributed by atoms with E-state index in [9.17, 15) is 0 Å². The fourth-order valence-corrected chi connectivity index (χ4v) is 1.17. The van der Waals surface area contributed by atoms with Gasteiger partial charge in [-0.3, -0.25) is 0 Å². The highest BCUT2D eigenvalue weighted by atomic mass is 16.3. The lowest BCUT2D eigenvalue weighted by Gasteiger charge is -2.23. The zero-order chi connectivity index (χ0) is 10.2. The van der Waals surface area contributed by atoms with Crippen LogP contribution in [0.2, 0.25) is 0 Å². The van der Waals surface area contributed by atoms with Gasteiger partial charge in [0.2, 0.25) is 0 Å².